The van der Waals surface area contributed by atoms with Crippen LogP contribution in [0.5, 0.6) is 17.5 Å². The maximum Gasteiger partial charge on any atom is 0.323 e. The monoisotopic (exact) mass is 561 g/mol. The molecule has 2 aromatic carbocycles. The van der Waals surface area contributed by atoms with E-state index in [2.05, 4.69) is 36.2 Å². The van der Waals surface area contributed by atoms with Crippen molar-refractivity contribution in [1.29, 1.82) is 0 Å². The number of ether oxygens (including phenoxy) is 3. The molecule has 0 saturated carbocycles. The Hall–Kier alpha value is -4.61. The zero-order valence-corrected chi connectivity index (χ0v) is 23.1. The maximum absolute atomic E-state index is 13.1. The molecule has 0 spiro atoms. The molecule has 0 aliphatic carbocycles. The number of amides is 2. The van der Waals surface area contributed by atoms with Gasteiger partial charge in [0.15, 0.2) is 0 Å². The average molecular weight is 562 g/mol. The third kappa shape index (κ3) is 7.74. The van der Waals surface area contributed by atoms with Crippen LogP contribution >= 0.6 is 0 Å². The van der Waals surface area contributed by atoms with Crippen LogP contribution in [0.1, 0.15) is 54.9 Å². The van der Waals surface area contributed by atoms with Crippen LogP contribution in [0.4, 0.5) is 17.6 Å². The summed E-state index contributed by atoms with van der Waals surface area (Å²) in [5, 5.41) is 12.0. The Morgan fingerprint density at radius 2 is 1.76 bits per heavy atom. The summed E-state index contributed by atoms with van der Waals surface area (Å²) in [6, 6.07) is 12.7. The van der Waals surface area contributed by atoms with Crippen LogP contribution in [0.15, 0.2) is 42.5 Å². The third-order valence-electron chi connectivity index (χ3n) is 6.66. The molecule has 2 amide bonds. The fourth-order valence-electron chi connectivity index (χ4n) is 4.50. The number of hydrogen-bond donors (Lipinski definition) is 4. The summed E-state index contributed by atoms with van der Waals surface area (Å²) in [5.74, 6) is 1.30. The van der Waals surface area contributed by atoms with Crippen molar-refractivity contribution in [3.8, 4) is 17.5 Å². The molecule has 0 radical (unpaired) electrons. The van der Waals surface area contributed by atoms with Gasteiger partial charge in [-0.3, -0.25) is 9.59 Å². The number of aromatic nitrogens is 3. The molecule has 4 N–H and O–H groups in total. The van der Waals surface area contributed by atoms with Crippen molar-refractivity contribution in [1.82, 2.24) is 25.6 Å². The second-order valence-electron chi connectivity index (χ2n) is 9.75. The van der Waals surface area contributed by atoms with Crippen LogP contribution in [0.3, 0.4) is 0 Å². The van der Waals surface area contributed by atoms with E-state index in [1.54, 1.807) is 18.2 Å². The molecule has 1 unspecified atom stereocenters. The number of nitrogens with one attached hydrogen (secondary N) is 4. The van der Waals surface area contributed by atoms with Gasteiger partial charge in [0.1, 0.15) is 17.5 Å². The van der Waals surface area contributed by atoms with Gasteiger partial charge in [0.2, 0.25) is 17.8 Å². The summed E-state index contributed by atoms with van der Waals surface area (Å²) < 4.78 is 17.6. The van der Waals surface area contributed by atoms with Gasteiger partial charge in [-0.25, -0.2) is 0 Å². The molecule has 3 aliphatic rings. The molecular weight excluding hydrogens is 526 g/mol. The van der Waals surface area contributed by atoms with Crippen LogP contribution in [0.2, 0.25) is 0 Å². The lowest BCUT2D eigenvalue weighted by atomic mass is 10.1. The molecule has 1 aromatic heterocycles. The van der Waals surface area contributed by atoms with E-state index in [9.17, 15) is 9.59 Å². The zero-order chi connectivity index (χ0) is 28.4. The van der Waals surface area contributed by atoms with Gasteiger partial charge < -0.3 is 35.5 Å². The summed E-state index contributed by atoms with van der Waals surface area (Å²) in [6.07, 6.45) is 4.26. The van der Waals surface area contributed by atoms with E-state index in [0.717, 1.165) is 37.0 Å². The predicted octanol–water partition coefficient (Wildman–Crippen LogP) is 3.58. The van der Waals surface area contributed by atoms with E-state index in [-0.39, 0.29) is 23.8 Å². The number of anilines is 3. The van der Waals surface area contributed by atoms with E-state index in [0.29, 0.717) is 62.3 Å². The lowest BCUT2D eigenvalue weighted by molar-refractivity contribution is -0.120. The van der Waals surface area contributed by atoms with Gasteiger partial charge in [-0.15, -0.1) is 0 Å². The fourth-order valence-corrected chi connectivity index (χ4v) is 4.50. The van der Waals surface area contributed by atoms with Gasteiger partial charge in [0.05, 0.1) is 25.4 Å². The number of carbonyl (C=O) groups excluding carboxylic acids is 2. The predicted molar refractivity (Wildman–Crippen MR) is 153 cm³/mol. The number of fused-ring (bicyclic) bond motifs is 10. The summed E-state index contributed by atoms with van der Waals surface area (Å²) in [5.41, 5.74) is 2.01. The second-order valence-corrected chi connectivity index (χ2v) is 9.75. The maximum atomic E-state index is 13.1. The molecule has 3 aliphatic heterocycles. The largest absolute Gasteiger partial charge is 0.494 e. The Morgan fingerprint density at radius 3 is 2.51 bits per heavy atom. The van der Waals surface area contributed by atoms with Crippen molar-refractivity contribution >= 4 is 29.4 Å². The van der Waals surface area contributed by atoms with Crippen molar-refractivity contribution in [2.45, 2.75) is 51.6 Å². The number of carbonyl (C=O) groups is 2. The first-order chi connectivity index (χ1) is 20.1. The first-order valence-electron chi connectivity index (χ1n) is 14.0. The van der Waals surface area contributed by atoms with Crippen molar-refractivity contribution in [3.05, 3.63) is 53.6 Å². The molecular formula is C29H35N7O5. The highest BCUT2D eigenvalue weighted by atomic mass is 16.5. The summed E-state index contributed by atoms with van der Waals surface area (Å²) >= 11 is 0. The molecule has 41 heavy (non-hydrogen) atoms. The molecule has 12 heteroatoms. The Labute approximate surface area is 238 Å². The van der Waals surface area contributed by atoms with E-state index in [1.807, 2.05) is 31.2 Å². The normalized spacial score (nSPS) is 17.5. The van der Waals surface area contributed by atoms with Crippen LogP contribution < -0.4 is 35.5 Å². The highest BCUT2D eigenvalue weighted by Crippen LogP contribution is 2.27. The molecule has 1 saturated heterocycles. The molecule has 12 nitrogen and oxygen atoms in total. The van der Waals surface area contributed by atoms with Gasteiger partial charge in [0.25, 0.3) is 5.91 Å². The van der Waals surface area contributed by atoms with E-state index in [4.69, 9.17) is 14.2 Å². The molecule has 3 aromatic rings. The zero-order valence-electron chi connectivity index (χ0n) is 23.1. The van der Waals surface area contributed by atoms with Crippen LogP contribution in [-0.4, -0.2) is 59.2 Å². The summed E-state index contributed by atoms with van der Waals surface area (Å²) in [6.45, 7) is 4.36. The Balaban J connectivity index is 1.40. The number of benzene rings is 2. The molecule has 1 fully saturated rings. The highest BCUT2D eigenvalue weighted by molar-refractivity contribution is 6.00. The first kappa shape index (κ1) is 27.9. The van der Waals surface area contributed by atoms with Crippen LogP contribution in [0, 0.1) is 0 Å². The minimum Gasteiger partial charge on any atom is -0.494 e. The van der Waals surface area contributed by atoms with E-state index < -0.39 is 6.04 Å². The molecule has 216 valence electrons. The van der Waals surface area contributed by atoms with Crippen LogP contribution in [-0.2, 0) is 11.3 Å². The summed E-state index contributed by atoms with van der Waals surface area (Å²) in [7, 11) is 0. The summed E-state index contributed by atoms with van der Waals surface area (Å²) in [4.78, 5) is 38.4. The van der Waals surface area contributed by atoms with E-state index >= 15 is 0 Å². The average Bonchev–Trinajstić information content (AvgIpc) is 3.37. The standard InChI is InChI=1S/C29H35N7O5/c1-2-39-29-35-27-31-18-19-7-10-21(11-8-19)40-15-5-3-4-6-16-41-24-17-20(32-28(34-27)36-29)9-12-22(24)25(37)33-23-13-14-30-26(23)38/h7-12,17,23H,2-6,13-16,18H2,1H3,(H,30,38)(H,33,37)(H2,31,32,34,35,36). The Kier molecular flexibility index (Phi) is 9.30. The van der Waals surface area contributed by atoms with Crippen molar-refractivity contribution in [2.24, 2.45) is 0 Å². The minimum absolute atomic E-state index is 0.178. The van der Waals surface area contributed by atoms with Gasteiger partial charge >= 0.3 is 6.01 Å². The molecule has 6 bridgehead atoms. The number of nitrogens with zero attached hydrogens (tertiary/aromatic N) is 3. The third-order valence-corrected chi connectivity index (χ3v) is 6.66. The first-order valence-corrected chi connectivity index (χ1v) is 14.0. The van der Waals surface area contributed by atoms with Gasteiger partial charge in [-0.1, -0.05) is 12.1 Å². The van der Waals surface area contributed by atoms with Crippen LogP contribution in [0.25, 0.3) is 0 Å². The lowest BCUT2D eigenvalue weighted by Gasteiger charge is -2.16. The van der Waals surface area contributed by atoms with Crippen molar-refractivity contribution < 1.29 is 23.8 Å². The quantitative estimate of drug-likeness (QED) is 0.372. The van der Waals surface area contributed by atoms with E-state index in [1.165, 1.54) is 0 Å². The SMILES string of the molecule is CCOc1nc2nc(n1)Nc1ccc(C(=O)NC3CCNC3=O)c(c1)OCCCCCCOc1ccc(cc1)CN2. The molecule has 4 heterocycles. The number of rotatable bonds is 4. The molecule has 1 atom stereocenters. The molecule has 6 rings (SSSR count). The Bertz CT molecular complexity index is 1350. The van der Waals surface area contributed by atoms with Gasteiger partial charge in [-0.05, 0) is 68.9 Å². The van der Waals surface area contributed by atoms with Crippen molar-refractivity contribution in [3.63, 3.8) is 0 Å². The minimum atomic E-state index is -0.559. The van der Waals surface area contributed by atoms with Gasteiger partial charge in [-0.2, -0.15) is 15.0 Å². The smallest absolute Gasteiger partial charge is 0.323 e. The second kappa shape index (κ2) is 13.6. The number of hydrogen-bond acceptors (Lipinski definition) is 10. The van der Waals surface area contributed by atoms with Gasteiger partial charge in [0, 0.05) is 24.8 Å². The Morgan fingerprint density at radius 1 is 0.976 bits per heavy atom. The van der Waals surface area contributed by atoms with Crippen molar-refractivity contribution in [2.75, 3.05) is 37.0 Å². The highest BCUT2D eigenvalue weighted by Gasteiger charge is 2.27. The topological polar surface area (TPSA) is 149 Å². The lowest BCUT2D eigenvalue weighted by Crippen LogP contribution is -2.40. The fraction of sp³-hybridized carbons (Fsp3) is 0.414.